The maximum absolute atomic E-state index is 14.9. The van der Waals surface area contributed by atoms with Crippen LogP contribution in [0.15, 0.2) is 419 Å². The van der Waals surface area contributed by atoms with Crippen molar-refractivity contribution in [2.75, 3.05) is 9.80 Å². The molecule has 23 rings (SSSR count). The van der Waals surface area contributed by atoms with Crippen molar-refractivity contribution in [3.63, 3.8) is 0 Å². The fourth-order valence-corrected chi connectivity index (χ4v) is 18.7. The normalized spacial score (nSPS) is 11.4. The molecular formula is C123H69F16N7. The summed E-state index contributed by atoms with van der Waals surface area (Å²) in [5.41, 5.74) is 18.2. The van der Waals surface area contributed by atoms with E-state index in [2.05, 4.69) is 102 Å². The molecule has 0 spiro atoms. The zero-order chi connectivity index (χ0) is 100. The lowest BCUT2D eigenvalue weighted by Gasteiger charge is -2.26. The molecule has 0 radical (unpaired) electrons. The van der Waals surface area contributed by atoms with E-state index in [4.69, 9.17) is 15.0 Å². The minimum absolute atomic E-state index is 0.183. The predicted molar refractivity (Wildman–Crippen MR) is 543 cm³/mol. The average molecular weight is 1950 g/mol. The summed E-state index contributed by atoms with van der Waals surface area (Å²) in [6.07, 6.45) is 0. The number of fused-ring (bicyclic) bond motifs is 6. The van der Waals surface area contributed by atoms with Gasteiger partial charge in [-0.15, -0.1) is 0 Å². The lowest BCUT2D eigenvalue weighted by molar-refractivity contribution is 0.381. The molecule has 0 unspecified atom stereocenters. The summed E-state index contributed by atoms with van der Waals surface area (Å²) in [6.45, 7) is 0. The molecule has 23 aromatic rings. The lowest BCUT2D eigenvalue weighted by atomic mass is 10.00. The molecule has 23 heteroatoms. The Labute approximate surface area is 823 Å². The van der Waals surface area contributed by atoms with Crippen LogP contribution in [0.4, 0.5) is 104 Å². The minimum atomic E-state index is -2.31. The first kappa shape index (κ1) is 92.5. The maximum Gasteiger partial charge on any atom is 0.235 e. The first-order valence-electron chi connectivity index (χ1n) is 45.9. The van der Waals surface area contributed by atoms with Crippen LogP contribution >= 0.6 is 0 Å². The molecule has 0 saturated carbocycles. The number of nitrogens with zero attached hydrogens (tertiary/aromatic N) is 7. The first-order valence-corrected chi connectivity index (χ1v) is 45.9. The lowest BCUT2D eigenvalue weighted by Crippen LogP contribution is -2.10. The van der Waals surface area contributed by atoms with Crippen LogP contribution < -0.4 is 9.80 Å². The molecular weight excluding hydrogens is 1880 g/mol. The number of pyridine rings is 1. The van der Waals surface area contributed by atoms with Gasteiger partial charge in [0.2, 0.25) is 23.4 Å². The van der Waals surface area contributed by atoms with Crippen molar-refractivity contribution >= 4 is 77.7 Å². The smallest absolute Gasteiger partial charge is 0.235 e. The zero-order valence-electron chi connectivity index (χ0n) is 76.0. The van der Waals surface area contributed by atoms with Crippen molar-refractivity contribution < 1.29 is 70.2 Å². The van der Waals surface area contributed by atoms with E-state index >= 15 is 0 Å². The highest BCUT2D eigenvalue weighted by Crippen LogP contribution is 2.47. The second-order valence-corrected chi connectivity index (χ2v) is 34.5. The van der Waals surface area contributed by atoms with E-state index in [0.29, 0.717) is 23.0 Å². The summed E-state index contributed by atoms with van der Waals surface area (Å²) >= 11 is 0. The number of rotatable bonds is 19. The van der Waals surface area contributed by atoms with E-state index in [9.17, 15) is 70.2 Å². The second-order valence-electron chi connectivity index (χ2n) is 34.5. The minimum Gasteiger partial charge on any atom is -0.311 e. The molecule has 4 heterocycles. The van der Waals surface area contributed by atoms with Crippen molar-refractivity contribution in [3.05, 3.63) is 512 Å². The second kappa shape index (κ2) is 38.5. The summed E-state index contributed by atoms with van der Waals surface area (Å²) in [5, 5.41) is 4.03. The highest BCUT2D eigenvalue weighted by atomic mass is 19.2. The van der Waals surface area contributed by atoms with Crippen LogP contribution in [0.3, 0.4) is 0 Å². The molecule has 0 saturated heterocycles. The van der Waals surface area contributed by atoms with Gasteiger partial charge in [0.05, 0.1) is 61.5 Å². The fourth-order valence-electron chi connectivity index (χ4n) is 18.7. The van der Waals surface area contributed by atoms with Gasteiger partial charge in [-0.3, -0.25) is 4.57 Å². The van der Waals surface area contributed by atoms with Crippen LogP contribution in [0, 0.1) is 93.1 Å². The maximum atomic E-state index is 14.9. The highest BCUT2D eigenvalue weighted by molar-refractivity contribution is 6.12. The summed E-state index contributed by atoms with van der Waals surface area (Å²) < 4.78 is 235. The fraction of sp³-hybridized carbons (Fsp3) is 0. The third-order valence-electron chi connectivity index (χ3n) is 25.9. The first-order chi connectivity index (χ1) is 71.0. The van der Waals surface area contributed by atoms with E-state index in [-0.39, 0.29) is 33.9 Å². The standard InChI is InChI=1S/C65H39F6N3.C58H30F10N4/c66-49-26-15-40(16-27-49)41-17-28-50(29-18-41)73(52-34-23-46(24-35-52)60-61(67)63(69)65(71)64(70)62(60)68)51-30-19-42(20-31-51)47-25-36-59-55(37-47)54-13-7-8-14-58(54)74(59)53-32-21-43(22-33-53)48-38-56(44-9-3-1-4-10-44)72-57(39-48)45-11-5-2-6-12-45;59-48-46(49(60)53(64)56(67)52(48)63)34-17-24-38(25-18-34)71(39-26-19-35(20-27-39)47-50(61)54(65)57(68)55(66)51(47)62)37-22-15-31(16-23-37)36-21-28-45-41(29-36)40-13-7-8-14-44(40)72(45)58-69-42(32-9-3-1-4-10-32)30-43(70-58)33-11-5-2-6-12-33/h1-39H;1-30H. The molecule has 0 aliphatic heterocycles. The number of anilines is 6. The van der Waals surface area contributed by atoms with E-state index in [1.54, 1.807) is 41.3 Å². The number of hydrogen-bond donors (Lipinski definition) is 0. The van der Waals surface area contributed by atoms with Gasteiger partial charge in [-0.25, -0.2) is 85.2 Å². The van der Waals surface area contributed by atoms with Gasteiger partial charge in [0.15, 0.2) is 69.8 Å². The molecule has 708 valence electrons. The quantitative estimate of drug-likeness (QED) is 0.0459. The van der Waals surface area contributed by atoms with Crippen molar-refractivity contribution in [3.8, 4) is 135 Å². The molecule has 4 aromatic heterocycles. The molecule has 7 nitrogen and oxygen atoms in total. The van der Waals surface area contributed by atoms with Gasteiger partial charge in [-0.05, 0) is 213 Å². The Hall–Kier alpha value is -18.5. The van der Waals surface area contributed by atoms with Crippen LogP contribution in [-0.2, 0) is 0 Å². The predicted octanol–water partition coefficient (Wildman–Crippen LogP) is 35.3. The van der Waals surface area contributed by atoms with Crippen LogP contribution in [0.1, 0.15) is 0 Å². The largest absolute Gasteiger partial charge is 0.311 e. The number of benzene rings is 19. The van der Waals surface area contributed by atoms with Crippen molar-refractivity contribution in [2.24, 2.45) is 0 Å². The molecule has 0 N–H and O–H groups in total. The van der Waals surface area contributed by atoms with Crippen molar-refractivity contribution in [1.29, 1.82) is 0 Å². The molecule has 0 aliphatic rings. The molecule has 146 heavy (non-hydrogen) atoms. The van der Waals surface area contributed by atoms with E-state index in [1.165, 1.54) is 48.5 Å². The number of halogens is 16. The zero-order valence-corrected chi connectivity index (χ0v) is 76.0. The average Bonchev–Trinajstić information content (AvgIpc) is 1.58. The van der Waals surface area contributed by atoms with Crippen LogP contribution in [0.2, 0.25) is 0 Å². The summed E-state index contributed by atoms with van der Waals surface area (Å²) in [6, 6.07) is 128. The Kier molecular flexibility index (Phi) is 24.4. The Morgan fingerprint density at radius 1 is 0.158 bits per heavy atom. The van der Waals surface area contributed by atoms with Crippen LogP contribution in [0.5, 0.6) is 0 Å². The van der Waals surface area contributed by atoms with Gasteiger partial charge in [0, 0.05) is 83.6 Å². The highest BCUT2D eigenvalue weighted by Gasteiger charge is 2.32. The summed E-state index contributed by atoms with van der Waals surface area (Å²) in [5.74, 6) is -31.1. The molecule has 19 aromatic carbocycles. The number of hydrogen-bond acceptors (Lipinski definition) is 5. The van der Waals surface area contributed by atoms with Crippen LogP contribution in [0.25, 0.3) is 178 Å². The van der Waals surface area contributed by atoms with Gasteiger partial charge >= 0.3 is 0 Å². The SMILES string of the molecule is Fc1c(F)c(F)c(-c2ccc(N(c3ccc(-c4ccc5c(c4)c4ccccc4n5-c4nc(-c5ccccc5)cc(-c5ccccc5)n4)cc3)c3ccc(-c4c(F)c(F)c(F)c(F)c4F)cc3)cc2)c(F)c1F.Fc1ccc(-c2ccc(N(c3ccc(-c4ccc5c(c4)c4ccccc4n5-c4ccc(-c5cc(-c6ccccc6)nc(-c6ccccc6)c5)cc4)cc3)c3ccc(-c4c(F)c(F)c(F)c(F)c4F)cc3)cc2)cc1. The Balaban J connectivity index is 0.000000166. The third kappa shape index (κ3) is 17.1. The van der Waals surface area contributed by atoms with Crippen molar-refractivity contribution in [1.82, 2.24) is 24.1 Å². The van der Waals surface area contributed by atoms with Gasteiger partial charge in [-0.2, -0.15) is 0 Å². The molecule has 0 amide bonds. The number of aromatic nitrogens is 5. The molecule has 0 bridgehead atoms. The summed E-state index contributed by atoms with van der Waals surface area (Å²) in [4.78, 5) is 18.8. The van der Waals surface area contributed by atoms with Crippen LogP contribution in [-0.4, -0.2) is 24.1 Å². The number of para-hydroxylation sites is 2. The van der Waals surface area contributed by atoms with Gasteiger partial charge in [0.25, 0.3) is 0 Å². The Morgan fingerprint density at radius 3 is 0.712 bits per heavy atom. The summed E-state index contributed by atoms with van der Waals surface area (Å²) in [7, 11) is 0. The van der Waals surface area contributed by atoms with E-state index in [1.807, 2.05) is 222 Å². The topological polar surface area (TPSA) is 55.0 Å². The van der Waals surface area contributed by atoms with E-state index < -0.39 is 104 Å². The molecule has 0 atom stereocenters. The van der Waals surface area contributed by atoms with Gasteiger partial charge in [0.1, 0.15) is 5.82 Å². The third-order valence-corrected chi connectivity index (χ3v) is 25.9. The Morgan fingerprint density at radius 2 is 0.390 bits per heavy atom. The Bertz CT molecular complexity index is 8660. The molecule has 0 aliphatic carbocycles. The van der Waals surface area contributed by atoms with Gasteiger partial charge < -0.3 is 14.4 Å². The van der Waals surface area contributed by atoms with E-state index in [0.717, 1.165) is 169 Å². The van der Waals surface area contributed by atoms with Crippen molar-refractivity contribution in [2.45, 2.75) is 0 Å². The monoisotopic (exact) mass is 1950 g/mol. The molecule has 0 fully saturated rings. The van der Waals surface area contributed by atoms with Gasteiger partial charge in [-0.1, -0.05) is 267 Å².